The minimum Gasteiger partial charge on any atom is -0.478 e. The summed E-state index contributed by atoms with van der Waals surface area (Å²) >= 11 is 0. The largest absolute Gasteiger partial charge is 0.478 e. The van der Waals surface area contributed by atoms with Crippen molar-refractivity contribution < 1.29 is 19.1 Å². The van der Waals surface area contributed by atoms with Gasteiger partial charge in [-0.15, -0.1) is 0 Å². The molecule has 0 heterocycles. The molecule has 2 rings (SSSR count). The predicted molar refractivity (Wildman–Crippen MR) is 83.0 cm³/mol. The summed E-state index contributed by atoms with van der Waals surface area (Å²) in [5.41, 5.74) is 1.59. The standard InChI is InChI=1S/C18H18O4/c1-13(19)15-8-10-16(11-9-15)22-17(18(20)21-2)12-14-6-4-3-5-7-14/h3-11,17H,12H2,1-2H3/t17-/m0/s1. The monoisotopic (exact) mass is 298 g/mol. The molecule has 0 fully saturated rings. The molecule has 0 aromatic heterocycles. The lowest BCUT2D eigenvalue weighted by Crippen LogP contribution is -2.30. The van der Waals surface area contributed by atoms with Gasteiger partial charge in [0.15, 0.2) is 11.9 Å². The molecule has 0 aliphatic rings. The SMILES string of the molecule is COC(=O)[C@H](Cc1ccccc1)Oc1ccc(C(C)=O)cc1. The third-order valence-corrected chi connectivity index (χ3v) is 3.27. The lowest BCUT2D eigenvalue weighted by molar-refractivity contribution is -0.148. The Balaban J connectivity index is 2.12. The molecule has 0 unspecified atom stereocenters. The molecule has 0 bridgehead atoms. The normalized spacial score (nSPS) is 11.5. The Bertz CT molecular complexity index is 632. The molecule has 0 saturated heterocycles. The second-order valence-corrected chi connectivity index (χ2v) is 4.90. The summed E-state index contributed by atoms with van der Waals surface area (Å²) in [5, 5.41) is 0. The summed E-state index contributed by atoms with van der Waals surface area (Å²) in [6, 6.07) is 16.3. The number of rotatable bonds is 6. The van der Waals surface area contributed by atoms with Crippen LogP contribution in [-0.2, 0) is 16.0 Å². The summed E-state index contributed by atoms with van der Waals surface area (Å²) in [7, 11) is 1.34. The Morgan fingerprint density at radius 2 is 1.64 bits per heavy atom. The minimum atomic E-state index is -0.726. The van der Waals surface area contributed by atoms with Crippen molar-refractivity contribution in [3.05, 3.63) is 65.7 Å². The quantitative estimate of drug-likeness (QED) is 0.607. The zero-order valence-corrected chi connectivity index (χ0v) is 12.6. The van der Waals surface area contributed by atoms with Crippen LogP contribution in [-0.4, -0.2) is 25.0 Å². The molecule has 1 atom stereocenters. The molecule has 114 valence electrons. The summed E-state index contributed by atoms with van der Waals surface area (Å²) in [4.78, 5) is 23.2. The molecule has 4 nitrogen and oxygen atoms in total. The summed E-state index contributed by atoms with van der Waals surface area (Å²) in [5.74, 6) is 0.0798. The zero-order chi connectivity index (χ0) is 15.9. The third kappa shape index (κ3) is 4.19. The van der Waals surface area contributed by atoms with Gasteiger partial charge in [-0.2, -0.15) is 0 Å². The molecule has 0 N–H and O–H groups in total. The van der Waals surface area contributed by atoms with Crippen LogP contribution in [0.25, 0.3) is 0 Å². The maximum atomic E-state index is 11.9. The number of benzene rings is 2. The van der Waals surface area contributed by atoms with E-state index in [1.165, 1.54) is 14.0 Å². The van der Waals surface area contributed by atoms with Crippen LogP contribution in [0.15, 0.2) is 54.6 Å². The van der Waals surface area contributed by atoms with Crippen molar-refractivity contribution in [2.24, 2.45) is 0 Å². The maximum Gasteiger partial charge on any atom is 0.347 e. The number of hydrogen-bond acceptors (Lipinski definition) is 4. The Morgan fingerprint density at radius 1 is 1.00 bits per heavy atom. The fourth-order valence-corrected chi connectivity index (χ4v) is 2.07. The van der Waals surface area contributed by atoms with Gasteiger partial charge in [0.25, 0.3) is 0 Å². The fourth-order valence-electron chi connectivity index (χ4n) is 2.07. The Labute approximate surface area is 129 Å². The second kappa shape index (κ2) is 7.41. The van der Waals surface area contributed by atoms with Crippen LogP contribution in [0.1, 0.15) is 22.8 Å². The first-order valence-corrected chi connectivity index (χ1v) is 6.99. The van der Waals surface area contributed by atoms with E-state index in [0.29, 0.717) is 17.7 Å². The highest BCUT2D eigenvalue weighted by molar-refractivity contribution is 5.94. The highest BCUT2D eigenvalue weighted by atomic mass is 16.6. The number of Topliss-reactive ketones (excluding diaryl/α,β-unsaturated/α-hetero) is 1. The van der Waals surface area contributed by atoms with Crippen molar-refractivity contribution >= 4 is 11.8 Å². The number of ketones is 1. The molecule has 22 heavy (non-hydrogen) atoms. The van der Waals surface area contributed by atoms with Gasteiger partial charge in [-0.05, 0) is 36.8 Å². The predicted octanol–water partition coefficient (Wildman–Crippen LogP) is 3.05. The van der Waals surface area contributed by atoms with Gasteiger partial charge in [-0.1, -0.05) is 30.3 Å². The highest BCUT2D eigenvalue weighted by Gasteiger charge is 2.21. The lowest BCUT2D eigenvalue weighted by atomic mass is 10.1. The molecule has 0 aliphatic heterocycles. The number of carbonyl (C=O) groups is 2. The minimum absolute atomic E-state index is 0.0136. The smallest absolute Gasteiger partial charge is 0.347 e. The number of carbonyl (C=O) groups excluding carboxylic acids is 2. The van der Waals surface area contributed by atoms with E-state index in [0.717, 1.165) is 5.56 Å². The summed E-state index contributed by atoms with van der Waals surface area (Å²) in [6.07, 6.45) is -0.308. The van der Waals surface area contributed by atoms with Gasteiger partial charge in [0, 0.05) is 12.0 Å². The Morgan fingerprint density at radius 3 is 2.18 bits per heavy atom. The van der Waals surface area contributed by atoms with Crippen LogP contribution in [0.4, 0.5) is 0 Å². The first kappa shape index (κ1) is 15.8. The average Bonchev–Trinajstić information content (AvgIpc) is 2.55. The molecule has 2 aromatic carbocycles. The van der Waals surface area contributed by atoms with Gasteiger partial charge in [-0.25, -0.2) is 4.79 Å². The van der Waals surface area contributed by atoms with E-state index in [9.17, 15) is 9.59 Å². The molecule has 0 amide bonds. The average molecular weight is 298 g/mol. The first-order chi connectivity index (χ1) is 10.6. The molecule has 4 heteroatoms. The van der Waals surface area contributed by atoms with Gasteiger partial charge in [0.05, 0.1) is 7.11 Å². The van der Waals surface area contributed by atoms with Crippen molar-refractivity contribution in [2.45, 2.75) is 19.4 Å². The molecule has 0 radical (unpaired) electrons. The Hall–Kier alpha value is -2.62. The van der Waals surface area contributed by atoms with Gasteiger partial charge >= 0.3 is 5.97 Å². The first-order valence-electron chi connectivity index (χ1n) is 6.99. The van der Waals surface area contributed by atoms with Crippen LogP contribution in [0.3, 0.4) is 0 Å². The van der Waals surface area contributed by atoms with E-state index in [2.05, 4.69) is 0 Å². The van der Waals surface area contributed by atoms with Crippen LogP contribution in [0, 0.1) is 0 Å². The summed E-state index contributed by atoms with van der Waals surface area (Å²) in [6.45, 7) is 1.50. The van der Waals surface area contributed by atoms with E-state index in [1.807, 2.05) is 30.3 Å². The third-order valence-electron chi connectivity index (χ3n) is 3.27. The molecular formula is C18H18O4. The van der Waals surface area contributed by atoms with Crippen molar-refractivity contribution in [3.63, 3.8) is 0 Å². The maximum absolute atomic E-state index is 11.9. The number of hydrogen-bond donors (Lipinski definition) is 0. The van der Waals surface area contributed by atoms with E-state index in [1.54, 1.807) is 24.3 Å². The Kier molecular flexibility index (Phi) is 5.31. The van der Waals surface area contributed by atoms with Gasteiger partial charge in [0.2, 0.25) is 0 Å². The molecule has 0 spiro atoms. The van der Waals surface area contributed by atoms with Gasteiger partial charge in [0.1, 0.15) is 5.75 Å². The van der Waals surface area contributed by atoms with Gasteiger partial charge < -0.3 is 9.47 Å². The highest BCUT2D eigenvalue weighted by Crippen LogP contribution is 2.17. The second-order valence-electron chi connectivity index (χ2n) is 4.90. The molecule has 0 aliphatic carbocycles. The van der Waals surface area contributed by atoms with E-state index >= 15 is 0 Å². The number of methoxy groups -OCH3 is 1. The summed E-state index contributed by atoms with van der Waals surface area (Å²) < 4.78 is 10.5. The van der Waals surface area contributed by atoms with Crippen LogP contribution >= 0.6 is 0 Å². The van der Waals surface area contributed by atoms with E-state index in [4.69, 9.17) is 9.47 Å². The molecular weight excluding hydrogens is 280 g/mol. The topological polar surface area (TPSA) is 52.6 Å². The zero-order valence-electron chi connectivity index (χ0n) is 12.6. The number of esters is 1. The molecule has 0 saturated carbocycles. The van der Waals surface area contributed by atoms with Crippen LogP contribution in [0.5, 0.6) is 5.75 Å². The molecule has 2 aromatic rings. The van der Waals surface area contributed by atoms with Crippen LogP contribution < -0.4 is 4.74 Å². The van der Waals surface area contributed by atoms with Crippen molar-refractivity contribution in [1.29, 1.82) is 0 Å². The van der Waals surface area contributed by atoms with Crippen molar-refractivity contribution in [2.75, 3.05) is 7.11 Å². The van der Waals surface area contributed by atoms with E-state index < -0.39 is 12.1 Å². The van der Waals surface area contributed by atoms with Gasteiger partial charge in [-0.3, -0.25) is 4.79 Å². The van der Waals surface area contributed by atoms with Crippen molar-refractivity contribution in [3.8, 4) is 5.75 Å². The fraction of sp³-hybridized carbons (Fsp3) is 0.222. The van der Waals surface area contributed by atoms with Crippen molar-refractivity contribution in [1.82, 2.24) is 0 Å². The lowest BCUT2D eigenvalue weighted by Gasteiger charge is -2.17. The van der Waals surface area contributed by atoms with Crippen LogP contribution in [0.2, 0.25) is 0 Å². The number of ether oxygens (including phenoxy) is 2. The van der Waals surface area contributed by atoms with E-state index in [-0.39, 0.29) is 5.78 Å².